The maximum atomic E-state index is 3.76. The van der Waals surface area contributed by atoms with E-state index in [1.807, 2.05) is 11.3 Å². The van der Waals surface area contributed by atoms with Gasteiger partial charge in [0.25, 0.3) is 0 Å². The summed E-state index contributed by atoms with van der Waals surface area (Å²) in [7, 11) is 0. The number of halogens is 1. The Morgan fingerprint density at radius 1 is 1.32 bits per heavy atom. The van der Waals surface area contributed by atoms with Crippen LogP contribution in [0.2, 0.25) is 0 Å². The van der Waals surface area contributed by atoms with E-state index in [4.69, 9.17) is 0 Å². The fourth-order valence-electron chi connectivity index (χ4n) is 3.59. The third-order valence-corrected chi connectivity index (χ3v) is 6.27. The molecule has 2 heterocycles. The van der Waals surface area contributed by atoms with Crippen LogP contribution in [0.15, 0.2) is 15.9 Å². The van der Waals surface area contributed by atoms with Crippen molar-refractivity contribution < 1.29 is 0 Å². The Balaban J connectivity index is 1.81. The van der Waals surface area contributed by atoms with Gasteiger partial charge in [-0.05, 0) is 54.8 Å². The standard InChI is InChI=1S/C15H23BrN2S/c1-14(2)11-18(9-12-5-6-13(16)19-12)15(10-17-14)7-3-4-8-15/h5-6,17H,3-4,7-11H2,1-2H3. The van der Waals surface area contributed by atoms with Gasteiger partial charge in [0, 0.05) is 35.6 Å². The van der Waals surface area contributed by atoms with Crippen molar-refractivity contribution in [1.29, 1.82) is 0 Å². The monoisotopic (exact) mass is 342 g/mol. The molecule has 4 heteroatoms. The van der Waals surface area contributed by atoms with Crippen LogP contribution < -0.4 is 5.32 Å². The van der Waals surface area contributed by atoms with Crippen molar-refractivity contribution in [3.8, 4) is 0 Å². The lowest BCUT2D eigenvalue weighted by molar-refractivity contribution is 0.0130. The number of piperazine rings is 1. The van der Waals surface area contributed by atoms with Crippen LogP contribution in [0.3, 0.4) is 0 Å². The van der Waals surface area contributed by atoms with Crippen LogP contribution in [0.25, 0.3) is 0 Å². The lowest BCUT2D eigenvalue weighted by atomic mass is 9.87. The Kier molecular flexibility index (Phi) is 3.80. The molecular weight excluding hydrogens is 320 g/mol. The Hall–Kier alpha value is 0.1000. The van der Waals surface area contributed by atoms with Gasteiger partial charge in [-0.25, -0.2) is 0 Å². The van der Waals surface area contributed by atoms with Crippen molar-refractivity contribution in [2.45, 2.75) is 57.2 Å². The molecule has 1 saturated heterocycles. The van der Waals surface area contributed by atoms with E-state index >= 15 is 0 Å². The van der Waals surface area contributed by atoms with E-state index in [-0.39, 0.29) is 5.54 Å². The van der Waals surface area contributed by atoms with Gasteiger partial charge in [0.2, 0.25) is 0 Å². The molecule has 0 amide bonds. The second-order valence-electron chi connectivity index (χ2n) is 6.73. The first kappa shape index (κ1) is 14.1. The molecule has 1 aliphatic heterocycles. The number of hydrogen-bond acceptors (Lipinski definition) is 3. The Labute approximate surface area is 128 Å². The number of rotatable bonds is 2. The molecule has 19 heavy (non-hydrogen) atoms. The minimum atomic E-state index is 0.238. The Morgan fingerprint density at radius 3 is 2.68 bits per heavy atom. The molecule has 1 aromatic rings. The highest BCUT2D eigenvalue weighted by atomic mass is 79.9. The Morgan fingerprint density at radius 2 is 2.05 bits per heavy atom. The van der Waals surface area contributed by atoms with Crippen molar-refractivity contribution in [2.75, 3.05) is 13.1 Å². The fourth-order valence-corrected chi connectivity index (χ4v) is 5.09. The number of hydrogen-bond donors (Lipinski definition) is 1. The molecule has 2 fully saturated rings. The average molecular weight is 343 g/mol. The lowest BCUT2D eigenvalue weighted by Gasteiger charge is -2.51. The molecule has 3 rings (SSSR count). The van der Waals surface area contributed by atoms with Gasteiger partial charge in [0.15, 0.2) is 0 Å². The summed E-state index contributed by atoms with van der Waals surface area (Å²) >= 11 is 5.46. The predicted molar refractivity (Wildman–Crippen MR) is 85.7 cm³/mol. The molecule has 1 saturated carbocycles. The second-order valence-corrected chi connectivity index (χ2v) is 9.28. The van der Waals surface area contributed by atoms with Crippen molar-refractivity contribution in [3.05, 3.63) is 20.8 Å². The summed E-state index contributed by atoms with van der Waals surface area (Å²) in [5.41, 5.74) is 0.661. The molecule has 0 atom stereocenters. The summed E-state index contributed by atoms with van der Waals surface area (Å²) in [6, 6.07) is 4.45. The molecular formula is C15H23BrN2S. The summed E-state index contributed by atoms with van der Waals surface area (Å²) in [4.78, 5) is 4.24. The molecule has 0 radical (unpaired) electrons. The molecule has 2 aliphatic rings. The van der Waals surface area contributed by atoms with Crippen LogP contribution >= 0.6 is 27.3 Å². The molecule has 1 aliphatic carbocycles. The van der Waals surface area contributed by atoms with Crippen LogP contribution in [0.1, 0.15) is 44.4 Å². The SMILES string of the molecule is CC1(C)CN(Cc2ccc(Br)s2)C2(CCCC2)CN1. The third kappa shape index (κ3) is 2.92. The summed E-state index contributed by atoms with van der Waals surface area (Å²) in [6.07, 6.45) is 5.52. The highest BCUT2D eigenvalue weighted by molar-refractivity contribution is 9.11. The summed E-state index contributed by atoms with van der Waals surface area (Å²) in [6.45, 7) is 8.08. The zero-order valence-electron chi connectivity index (χ0n) is 11.8. The fraction of sp³-hybridized carbons (Fsp3) is 0.733. The van der Waals surface area contributed by atoms with Crippen molar-refractivity contribution in [3.63, 3.8) is 0 Å². The largest absolute Gasteiger partial charge is 0.309 e. The lowest BCUT2D eigenvalue weighted by Crippen LogP contribution is -2.66. The number of nitrogens with one attached hydrogen (secondary N) is 1. The third-order valence-electron chi connectivity index (χ3n) is 4.66. The first-order valence-electron chi connectivity index (χ1n) is 7.24. The topological polar surface area (TPSA) is 15.3 Å². The number of nitrogens with zero attached hydrogens (tertiary/aromatic N) is 1. The van der Waals surface area contributed by atoms with Gasteiger partial charge >= 0.3 is 0 Å². The highest BCUT2D eigenvalue weighted by Gasteiger charge is 2.45. The molecule has 1 spiro atoms. The first-order valence-corrected chi connectivity index (χ1v) is 8.84. The maximum Gasteiger partial charge on any atom is 0.0701 e. The van der Waals surface area contributed by atoms with Crippen molar-refractivity contribution in [2.24, 2.45) is 0 Å². The van der Waals surface area contributed by atoms with Crippen LogP contribution in [0.5, 0.6) is 0 Å². The summed E-state index contributed by atoms with van der Waals surface area (Å²) in [5.74, 6) is 0. The van der Waals surface area contributed by atoms with E-state index in [9.17, 15) is 0 Å². The van der Waals surface area contributed by atoms with Gasteiger partial charge in [-0.3, -0.25) is 4.90 Å². The van der Waals surface area contributed by atoms with Crippen LogP contribution in [0.4, 0.5) is 0 Å². The smallest absolute Gasteiger partial charge is 0.0701 e. The molecule has 2 nitrogen and oxygen atoms in total. The van der Waals surface area contributed by atoms with Crippen LogP contribution in [0, 0.1) is 0 Å². The zero-order valence-corrected chi connectivity index (χ0v) is 14.2. The molecule has 0 bridgehead atoms. The van der Waals surface area contributed by atoms with Crippen molar-refractivity contribution >= 4 is 27.3 Å². The summed E-state index contributed by atoms with van der Waals surface area (Å²) < 4.78 is 1.25. The molecule has 0 aromatic carbocycles. The normalized spacial score (nSPS) is 26.1. The highest BCUT2D eigenvalue weighted by Crippen LogP contribution is 2.40. The molecule has 1 aromatic heterocycles. The van der Waals surface area contributed by atoms with Crippen molar-refractivity contribution in [1.82, 2.24) is 10.2 Å². The van der Waals surface area contributed by atoms with E-state index in [0.29, 0.717) is 5.54 Å². The van der Waals surface area contributed by atoms with Gasteiger partial charge in [0.05, 0.1) is 3.79 Å². The van der Waals surface area contributed by atoms with Gasteiger partial charge in [0.1, 0.15) is 0 Å². The zero-order chi connectivity index (χ0) is 13.5. The average Bonchev–Trinajstić information content (AvgIpc) is 2.95. The minimum Gasteiger partial charge on any atom is -0.309 e. The van der Waals surface area contributed by atoms with Gasteiger partial charge in [-0.15, -0.1) is 11.3 Å². The quantitative estimate of drug-likeness (QED) is 0.873. The number of thiophene rings is 1. The predicted octanol–water partition coefficient (Wildman–Crippen LogP) is 4.01. The second kappa shape index (κ2) is 5.14. The minimum absolute atomic E-state index is 0.238. The van der Waals surface area contributed by atoms with Crippen LogP contribution in [-0.2, 0) is 6.54 Å². The van der Waals surface area contributed by atoms with Crippen LogP contribution in [-0.4, -0.2) is 29.1 Å². The van der Waals surface area contributed by atoms with E-state index in [0.717, 1.165) is 19.6 Å². The van der Waals surface area contributed by atoms with E-state index in [1.165, 1.54) is 34.3 Å². The maximum absolute atomic E-state index is 3.76. The first-order chi connectivity index (χ1) is 8.99. The molecule has 106 valence electrons. The summed E-state index contributed by atoms with van der Waals surface area (Å²) in [5, 5.41) is 3.76. The van der Waals surface area contributed by atoms with E-state index in [1.54, 1.807) is 0 Å². The Bertz CT molecular complexity index is 449. The molecule has 1 N–H and O–H groups in total. The van der Waals surface area contributed by atoms with E-state index in [2.05, 4.69) is 52.1 Å². The van der Waals surface area contributed by atoms with Gasteiger partial charge < -0.3 is 5.32 Å². The van der Waals surface area contributed by atoms with E-state index < -0.39 is 0 Å². The van der Waals surface area contributed by atoms with Gasteiger partial charge in [-0.1, -0.05) is 12.8 Å². The van der Waals surface area contributed by atoms with Gasteiger partial charge in [-0.2, -0.15) is 0 Å². The molecule has 0 unspecified atom stereocenters.